The summed E-state index contributed by atoms with van der Waals surface area (Å²) >= 11 is 0. The van der Waals surface area contributed by atoms with E-state index >= 15 is 0 Å². The van der Waals surface area contributed by atoms with Gasteiger partial charge in [0.05, 0.1) is 38.8 Å². The van der Waals surface area contributed by atoms with Gasteiger partial charge < -0.3 is 4.57 Å². The molecular formula is C52H33N5. The van der Waals surface area contributed by atoms with Crippen molar-refractivity contribution in [1.29, 1.82) is 0 Å². The highest BCUT2D eigenvalue weighted by Gasteiger charge is 2.26. The van der Waals surface area contributed by atoms with E-state index < -0.39 is 0 Å². The number of rotatable bonds is 5. The van der Waals surface area contributed by atoms with E-state index in [9.17, 15) is 0 Å². The molecule has 7 aromatic carbocycles. The Balaban J connectivity index is 1.32. The lowest BCUT2D eigenvalue weighted by Gasteiger charge is -2.22. The van der Waals surface area contributed by atoms with E-state index in [2.05, 4.69) is 207 Å². The Bertz CT molecular complexity index is 3370. The first-order valence-corrected chi connectivity index (χ1v) is 19.3. The number of benzene rings is 7. The molecule has 0 bridgehead atoms. The molecule has 0 fully saturated rings. The minimum Gasteiger partial charge on any atom is -0.305 e. The van der Waals surface area contributed by atoms with Crippen LogP contribution >= 0.6 is 0 Å². The molecule has 0 amide bonds. The van der Waals surface area contributed by atoms with Crippen LogP contribution in [0.5, 0.6) is 0 Å². The molecule has 0 saturated heterocycles. The molecule has 0 atom stereocenters. The summed E-state index contributed by atoms with van der Waals surface area (Å²) in [5.41, 5.74) is 12.1. The van der Waals surface area contributed by atoms with Gasteiger partial charge in [-0.05, 0) is 77.4 Å². The Morgan fingerprint density at radius 2 is 0.719 bits per heavy atom. The van der Waals surface area contributed by atoms with Gasteiger partial charge in [-0.2, -0.15) is 0 Å². The predicted molar refractivity (Wildman–Crippen MR) is 236 cm³/mol. The van der Waals surface area contributed by atoms with Crippen molar-refractivity contribution in [2.45, 2.75) is 0 Å². The number of para-hydroxylation sites is 6. The number of pyridine rings is 2. The molecular weight excluding hydrogens is 695 g/mol. The van der Waals surface area contributed by atoms with E-state index in [0.717, 1.165) is 72.7 Å². The summed E-state index contributed by atoms with van der Waals surface area (Å²) in [6.07, 6.45) is 3.72. The molecule has 0 N–H and O–H groups in total. The Morgan fingerprint density at radius 1 is 0.316 bits per heavy atom. The third-order valence-corrected chi connectivity index (χ3v) is 11.6. The molecule has 12 aromatic rings. The van der Waals surface area contributed by atoms with Crippen LogP contribution in [0.2, 0.25) is 0 Å². The highest BCUT2D eigenvalue weighted by molar-refractivity contribution is 6.13. The number of nitrogens with zero attached hydrogens (tertiary/aromatic N) is 5. The zero-order valence-corrected chi connectivity index (χ0v) is 30.8. The molecule has 0 aliphatic heterocycles. The van der Waals surface area contributed by atoms with Gasteiger partial charge in [-0.25, -0.2) is 4.98 Å². The second-order valence-electron chi connectivity index (χ2n) is 14.6. The number of hydrogen-bond acceptors (Lipinski definition) is 2. The highest BCUT2D eigenvalue weighted by Crippen LogP contribution is 2.44. The van der Waals surface area contributed by atoms with E-state index in [1.807, 2.05) is 12.4 Å². The van der Waals surface area contributed by atoms with Crippen molar-refractivity contribution in [3.63, 3.8) is 0 Å². The maximum absolute atomic E-state index is 5.89. The van der Waals surface area contributed by atoms with Crippen LogP contribution in [-0.2, 0) is 0 Å². The van der Waals surface area contributed by atoms with E-state index in [0.29, 0.717) is 0 Å². The van der Waals surface area contributed by atoms with Gasteiger partial charge in [0.25, 0.3) is 0 Å². The van der Waals surface area contributed by atoms with Crippen molar-refractivity contribution in [3.05, 3.63) is 200 Å². The van der Waals surface area contributed by atoms with Crippen LogP contribution in [0.15, 0.2) is 200 Å². The first-order valence-electron chi connectivity index (χ1n) is 19.3. The Labute approximate surface area is 328 Å². The van der Waals surface area contributed by atoms with Crippen molar-refractivity contribution >= 4 is 65.4 Å². The van der Waals surface area contributed by atoms with Gasteiger partial charge in [0.1, 0.15) is 5.82 Å². The average Bonchev–Trinajstić information content (AvgIpc) is 3.92. The molecule has 5 nitrogen and oxygen atoms in total. The van der Waals surface area contributed by atoms with E-state index in [4.69, 9.17) is 4.98 Å². The van der Waals surface area contributed by atoms with Gasteiger partial charge >= 0.3 is 0 Å². The van der Waals surface area contributed by atoms with Crippen LogP contribution in [-0.4, -0.2) is 23.7 Å². The monoisotopic (exact) mass is 727 g/mol. The van der Waals surface area contributed by atoms with Crippen LogP contribution in [0.3, 0.4) is 0 Å². The first kappa shape index (κ1) is 31.6. The fraction of sp³-hybridized carbons (Fsp3) is 0. The Morgan fingerprint density at radius 3 is 1.19 bits per heavy atom. The lowest BCUT2D eigenvalue weighted by molar-refractivity contribution is 0.985. The molecule has 5 heteroatoms. The van der Waals surface area contributed by atoms with Crippen molar-refractivity contribution in [2.24, 2.45) is 0 Å². The zero-order chi connectivity index (χ0) is 37.5. The van der Waals surface area contributed by atoms with Crippen molar-refractivity contribution in [3.8, 4) is 39.6 Å². The van der Waals surface area contributed by atoms with Crippen LogP contribution in [0.25, 0.3) is 105 Å². The molecule has 0 aliphatic carbocycles. The minimum atomic E-state index is 0.845. The summed E-state index contributed by atoms with van der Waals surface area (Å²) in [6.45, 7) is 0. The molecule has 266 valence electrons. The summed E-state index contributed by atoms with van der Waals surface area (Å²) in [7, 11) is 0. The summed E-state index contributed by atoms with van der Waals surface area (Å²) in [5, 5.41) is 7.16. The number of aromatic nitrogens is 5. The van der Waals surface area contributed by atoms with Crippen molar-refractivity contribution in [2.75, 3.05) is 0 Å². The summed E-state index contributed by atoms with van der Waals surface area (Å²) in [6, 6.07) is 67.6. The highest BCUT2D eigenvalue weighted by atomic mass is 15.2. The molecule has 0 radical (unpaired) electrons. The standard InChI is InChI=1S/C52H33N5/c1-7-22-44-37(16-1)38-17-2-8-23-45(38)55(44)50-33-43(36-15-13-14-35(32-36)34-28-30-53-31-29-34)51(56-46-24-9-3-18-39(46)40-19-4-10-25-47(40)56)52(54-50)57-48-26-11-5-20-41(48)42-21-6-12-27-49(42)57/h1-33H. The SMILES string of the molecule is c1cc(-c2ccncc2)cc(-c2cc(-n3c4ccccc4c4ccccc43)nc(-n3c4ccccc4c4ccccc43)c2-n2c3ccccc3c3ccccc32)c1. The second kappa shape index (κ2) is 12.4. The van der Waals surface area contributed by atoms with Gasteiger partial charge in [-0.15, -0.1) is 0 Å². The molecule has 5 heterocycles. The van der Waals surface area contributed by atoms with E-state index in [1.54, 1.807) is 0 Å². The van der Waals surface area contributed by atoms with Gasteiger partial charge in [-0.1, -0.05) is 127 Å². The minimum absolute atomic E-state index is 0.845. The summed E-state index contributed by atoms with van der Waals surface area (Å²) in [4.78, 5) is 10.2. The Hall–Kier alpha value is -7.76. The van der Waals surface area contributed by atoms with Gasteiger partial charge in [0, 0.05) is 50.3 Å². The first-order chi connectivity index (χ1) is 28.3. The summed E-state index contributed by atoms with van der Waals surface area (Å²) < 4.78 is 7.17. The van der Waals surface area contributed by atoms with Crippen LogP contribution in [0, 0.1) is 0 Å². The van der Waals surface area contributed by atoms with Crippen molar-refractivity contribution in [1.82, 2.24) is 23.7 Å². The third kappa shape index (κ3) is 4.69. The van der Waals surface area contributed by atoms with E-state index in [1.165, 1.54) is 32.3 Å². The lowest BCUT2D eigenvalue weighted by atomic mass is 9.98. The quantitative estimate of drug-likeness (QED) is 0.177. The second-order valence-corrected chi connectivity index (χ2v) is 14.6. The van der Waals surface area contributed by atoms with Gasteiger partial charge in [-0.3, -0.25) is 14.1 Å². The molecule has 12 rings (SSSR count). The average molecular weight is 728 g/mol. The molecule has 5 aromatic heterocycles. The molecule has 57 heavy (non-hydrogen) atoms. The van der Waals surface area contributed by atoms with Gasteiger partial charge in [0.15, 0.2) is 5.82 Å². The van der Waals surface area contributed by atoms with E-state index in [-0.39, 0.29) is 0 Å². The normalized spacial score (nSPS) is 11.9. The van der Waals surface area contributed by atoms with Crippen molar-refractivity contribution < 1.29 is 0 Å². The molecule has 0 unspecified atom stereocenters. The largest absolute Gasteiger partial charge is 0.305 e. The lowest BCUT2D eigenvalue weighted by Crippen LogP contribution is -2.11. The predicted octanol–water partition coefficient (Wildman–Crippen LogP) is 13.1. The fourth-order valence-electron chi connectivity index (χ4n) is 9.12. The topological polar surface area (TPSA) is 40.6 Å². The fourth-order valence-corrected chi connectivity index (χ4v) is 9.12. The van der Waals surface area contributed by atoms with Crippen LogP contribution in [0.1, 0.15) is 0 Å². The smallest absolute Gasteiger partial charge is 0.165 e. The summed E-state index contributed by atoms with van der Waals surface area (Å²) in [5.74, 6) is 1.70. The maximum atomic E-state index is 5.89. The molecule has 0 saturated carbocycles. The third-order valence-electron chi connectivity index (χ3n) is 11.6. The van der Waals surface area contributed by atoms with Crippen LogP contribution < -0.4 is 0 Å². The maximum Gasteiger partial charge on any atom is 0.165 e. The van der Waals surface area contributed by atoms with Gasteiger partial charge in [0.2, 0.25) is 0 Å². The number of hydrogen-bond donors (Lipinski definition) is 0. The number of fused-ring (bicyclic) bond motifs is 9. The molecule has 0 spiro atoms. The Kier molecular flexibility index (Phi) is 6.86. The zero-order valence-electron chi connectivity index (χ0n) is 30.8. The van der Waals surface area contributed by atoms with Crippen LogP contribution in [0.4, 0.5) is 0 Å². The molecule has 0 aliphatic rings.